The molecule has 2 heteroatoms. The predicted octanol–water partition coefficient (Wildman–Crippen LogP) is 3.85. The fourth-order valence-corrected chi connectivity index (χ4v) is 3.21. The van der Waals surface area contributed by atoms with Crippen molar-refractivity contribution in [3.05, 3.63) is 65.7 Å². The van der Waals surface area contributed by atoms with Crippen molar-refractivity contribution < 1.29 is 4.74 Å². The van der Waals surface area contributed by atoms with Crippen LogP contribution in [0.2, 0.25) is 0 Å². The van der Waals surface area contributed by atoms with Crippen molar-refractivity contribution in [2.45, 2.75) is 32.2 Å². The summed E-state index contributed by atoms with van der Waals surface area (Å²) >= 11 is 0. The third-order valence-corrected chi connectivity index (χ3v) is 4.43. The van der Waals surface area contributed by atoms with Gasteiger partial charge in [0.15, 0.2) is 0 Å². The Labute approximate surface area is 133 Å². The van der Waals surface area contributed by atoms with E-state index in [1.54, 1.807) is 0 Å². The summed E-state index contributed by atoms with van der Waals surface area (Å²) in [5, 5.41) is 3.74. The van der Waals surface area contributed by atoms with E-state index in [0.717, 1.165) is 38.2 Å². The van der Waals surface area contributed by atoms with Crippen molar-refractivity contribution in [1.82, 2.24) is 5.32 Å². The Kier molecular flexibility index (Phi) is 5.12. The van der Waals surface area contributed by atoms with Crippen LogP contribution in [-0.2, 0) is 12.8 Å². The van der Waals surface area contributed by atoms with Crippen LogP contribution in [0.4, 0.5) is 0 Å². The molecular formula is C20H25NO. The van der Waals surface area contributed by atoms with Crippen LogP contribution in [0.15, 0.2) is 54.6 Å². The molecule has 1 N–H and O–H groups in total. The van der Waals surface area contributed by atoms with Gasteiger partial charge >= 0.3 is 0 Å². The number of benzene rings is 2. The van der Waals surface area contributed by atoms with E-state index in [1.165, 1.54) is 11.1 Å². The summed E-state index contributed by atoms with van der Waals surface area (Å²) in [4.78, 5) is 0. The quantitative estimate of drug-likeness (QED) is 0.874. The van der Waals surface area contributed by atoms with Gasteiger partial charge in [-0.05, 0) is 43.0 Å². The lowest BCUT2D eigenvalue weighted by Gasteiger charge is -2.32. The van der Waals surface area contributed by atoms with E-state index in [2.05, 4.69) is 66.8 Å². The Morgan fingerprint density at radius 2 is 1.86 bits per heavy atom. The second-order valence-electron chi connectivity index (χ2n) is 6.13. The van der Waals surface area contributed by atoms with E-state index in [0.29, 0.717) is 12.0 Å². The maximum Gasteiger partial charge on any atom is 0.122 e. The molecule has 0 amide bonds. The summed E-state index contributed by atoms with van der Waals surface area (Å²) in [7, 11) is 0. The fourth-order valence-electron chi connectivity index (χ4n) is 3.21. The maximum absolute atomic E-state index is 5.99. The molecule has 0 saturated carbocycles. The molecule has 2 atom stereocenters. The van der Waals surface area contributed by atoms with Crippen LogP contribution in [-0.4, -0.2) is 19.2 Å². The van der Waals surface area contributed by atoms with Gasteiger partial charge in [-0.15, -0.1) is 0 Å². The van der Waals surface area contributed by atoms with Gasteiger partial charge < -0.3 is 10.1 Å². The molecule has 2 unspecified atom stereocenters. The highest BCUT2D eigenvalue weighted by molar-refractivity contribution is 5.35. The molecule has 1 heterocycles. The Hall–Kier alpha value is -1.80. The third-order valence-electron chi connectivity index (χ3n) is 4.43. The molecule has 0 radical (unpaired) electrons. The lowest BCUT2D eigenvalue weighted by atomic mass is 9.87. The topological polar surface area (TPSA) is 21.3 Å². The van der Waals surface area contributed by atoms with Crippen LogP contribution in [0, 0.1) is 5.92 Å². The van der Waals surface area contributed by atoms with E-state index in [4.69, 9.17) is 4.74 Å². The van der Waals surface area contributed by atoms with Crippen molar-refractivity contribution in [1.29, 1.82) is 0 Å². The first-order chi connectivity index (χ1) is 10.9. The highest BCUT2D eigenvalue weighted by atomic mass is 16.5. The van der Waals surface area contributed by atoms with Gasteiger partial charge in [0, 0.05) is 12.0 Å². The fraction of sp³-hybridized carbons (Fsp3) is 0.400. The van der Waals surface area contributed by atoms with Crippen LogP contribution < -0.4 is 10.1 Å². The van der Waals surface area contributed by atoms with Crippen molar-refractivity contribution in [3.63, 3.8) is 0 Å². The number of hydrogen-bond acceptors (Lipinski definition) is 2. The first kappa shape index (κ1) is 15.1. The molecule has 0 fully saturated rings. The zero-order valence-corrected chi connectivity index (χ0v) is 13.3. The van der Waals surface area contributed by atoms with Crippen LogP contribution in [0.5, 0.6) is 5.75 Å². The molecule has 1 aliphatic rings. The number of hydrogen-bond donors (Lipinski definition) is 1. The van der Waals surface area contributed by atoms with E-state index in [-0.39, 0.29) is 0 Å². The van der Waals surface area contributed by atoms with Gasteiger partial charge in [0.2, 0.25) is 0 Å². The van der Waals surface area contributed by atoms with Crippen molar-refractivity contribution in [2.75, 3.05) is 13.2 Å². The number of ether oxygens (including phenoxy) is 1. The third kappa shape index (κ3) is 3.69. The van der Waals surface area contributed by atoms with Gasteiger partial charge in [0.1, 0.15) is 5.75 Å². The average Bonchev–Trinajstić information content (AvgIpc) is 2.59. The second-order valence-corrected chi connectivity index (χ2v) is 6.13. The minimum Gasteiger partial charge on any atom is -0.493 e. The average molecular weight is 295 g/mol. The molecule has 2 aromatic carbocycles. The van der Waals surface area contributed by atoms with Crippen LogP contribution in [0.3, 0.4) is 0 Å². The largest absolute Gasteiger partial charge is 0.493 e. The van der Waals surface area contributed by atoms with E-state index >= 15 is 0 Å². The summed E-state index contributed by atoms with van der Waals surface area (Å²) < 4.78 is 5.99. The smallest absolute Gasteiger partial charge is 0.122 e. The maximum atomic E-state index is 5.99. The number of fused-ring (bicyclic) bond motifs is 1. The van der Waals surface area contributed by atoms with Crippen molar-refractivity contribution >= 4 is 0 Å². The summed E-state index contributed by atoms with van der Waals surface area (Å²) in [6, 6.07) is 19.7. The molecule has 1 aliphatic heterocycles. The van der Waals surface area contributed by atoms with Gasteiger partial charge in [-0.1, -0.05) is 55.5 Å². The van der Waals surface area contributed by atoms with Crippen LogP contribution >= 0.6 is 0 Å². The summed E-state index contributed by atoms with van der Waals surface area (Å²) in [5.74, 6) is 1.59. The highest BCUT2D eigenvalue weighted by Gasteiger charge is 2.27. The minimum atomic E-state index is 0.468. The normalized spacial score (nSPS) is 18.3. The summed E-state index contributed by atoms with van der Waals surface area (Å²) in [6.07, 6.45) is 3.33. The molecule has 2 nitrogen and oxygen atoms in total. The number of rotatable bonds is 6. The predicted molar refractivity (Wildman–Crippen MR) is 91.4 cm³/mol. The number of nitrogens with one attached hydrogen (secondary N) is 1. The first-order valence-electron chi connectivity index (χ1n) is 8.35. The monoisotopic (exact) mass is 295 g/mol. The Bertz CT molecular complexity index is 581. The summed E-state index contributed by atoms with van der Waals surface area (Å²) in [5.41, 5.74) is 2.74. The highest BCUT2D eigenvalue weighted by Crippen LogP contribution is 2.29. The Morgan fingerprint density at radius 1 is 1.09 bits per heavy atom. The lowest BCUT2D eigenvalue weighted by molar-refractivity contribution is 0.183. The van der Waals surface area contributed by atoms with E-state index in [1.807, 2.05) is 0 Å². The standard InChI is InChI=1S/C20H25NO/c1-2-12-21-19(13-16-8-4-3-5-9-16)18-14-17-10-6-7-11-20(17)22-15-18/h3-11,18-19,21H,2,12-15H2,1H3. The van der Waals surface area contributed by atoms with Gasteiger partial charge in [0.25, 0.3) is 0 Å². The Morgan fingerprint density at radius 3 is 2.68 bits per heavy atom. The molecule has 0 bridgehead atoms. The zero-order valence-electron chi connectivity index (χ0n) is 13.3. The zero-order chi connectivity index (χ0) is 15.2. The van der Waals surface area contributed by atoms with E-state index in [9.17, 15) is 0 Å². The van der Waals surface area contributed by atoms with Gasteiger partial charge in [-0.2, -0.15) is 0 Å². The molecule has 0 aromatic heterocycles. The molecule has 3 rings (SSSR count). The second kappa shape index (κ2) is 7.46. The summed E-state index contributed by atoms with van der Waals surface area (Å²) in [6.45, 7) is 4.10. The molecule has 0 aliphatic carbocycles. The molecule has 0 saturated heterocycles. The van der Waals surface area contributed by atoms with Gasteiger partial charge in [-0.3, -0.25) is 0 Å². The molecule has 2 aromatic rings. The molecule has 116 valence electrons. The molecule has 22 heavy (non-hydrogen) atoms. The SMILES string of the molecule is CCCNC(Cc1ccccc1)C1COc2ccccc2C1. The molecular weight excluding hydrogens is 270 g/mol. The van der Waals surface area contributed by atoms with E-state index < -0.39 is 0 Å². The number of para-hydroxylation sites is 1. The Balaban J connectivity index is 1.72. The lowest BCUT2D eigenvalue weighted by Crippen LogP contribution is -2.43. The first-order valence-corrected chi connectivity index (χ1v) is 8.35. The van der Waals surface area contributed by atoms with Crippen LogP contribution in [0.25, 0.3) is 0 Å². The van der Waals surface area contributed by atoms with Crippen molar-refractivity contribution in [2.24, 2.45) is 5.92 Å². The van der Waals surface area contributed by atoms with Gasteiger partial charge in [0.05, 0.1) is 6.61 Å². The minimum absolute atomic E-state index is 0.468. The molecule has 0 spiro atoms. The van der Waals surface area contributed by atoms with Gasteiger partial charge in [-0.25, -0.2) is 0 Å². The van der Waals surface area contributed by atoms with Crippen molar-refractivity contribution in [3.8, 4) is 5.75 Å². The van der Waals surface area contributed by atoms with Crippen LogP contribution in [0.1, 0.15) is 24.5 Å².